The highest BCUT2D eigenvalue weighted by atomic mass is 16.5. The average Bonchev–Trinajstić information content (AvgIpc) is 3.55. The molecule has 1 aliphatic heterocycles. The molecule has 188 valence electrons. The zero-order valence-electron chi connectivity index (χ0n) is 21.0. The van der Waals surface area contributed by atoms with Crippen molar-refractivity contribution >= 4 is 10.9 Å². The third-order valence-electron chi connectivity index (χ3n) is 6.97. The number of hydrogen-bond donors (Lipinski definition) is 1. The molecule has 0 bridgehead atoms. The molecule has 5 rings (SSSR count). The van der Waals surface area contributed by atoms with E-state index in [-0.39, 0.29) is 11.7 Å². The van der Waals surface area contributed by atoms with E-state index in [9.17, 15) is 4.79 Å². The van der Waals surface area contributed by atoms with E-state index in [0.717, 1.165) is 64.2 Å². The molecule has 1 aliphatic rings. The Balaban J connectivity index is 1.39. The third-order valence-corrected chi connectivity index (χ3v) is 6.97. The molecule has 0 saturated carbocycles. The van der Waals surface area contributed by atoms with Crippen molar-refractivity contribution in [3.8, 4) is 5.75 Å². The zero-order chi connectivity index (χ0) is 25.1. The first kappa shape index (κ1) is 24.1. The Bertz CT molecular complexity index is 1390. The average molecular weight is 489 g/mol. The van der Waals surface area contributed by atoms with Crippen LogP contribution in [-0.2, 0) is 24.4 Å². The van der Waals surface area contributed by atoms with Gasteiger partial charge in [-0.3, -0.25) is 9.69 Å². The summed E-state index contributed by atoms with van der Waals surface area (Å²) < 4.78 is 13.0. The number of methoxy groups -OCH3 is 1. The Morgan fingerprint density at radius 2 is 2.00 bits per heavy atom. The lowest BCUT2D eigenvalue weighted by Crippen LogP contribution is -2.34. The molecule has 0 unspecified atom stereocenters. The summed E-state index contributed by atoms with van der Waals surface area (Å²) in [6, 6.07) is 14.0. The standard InChI is InChI=1S/C27H32N6O3/c1-18-6-9-21-13-22(27(34)28-26(21)19(18)2)15-32(16-24-5-4-12-36-24)17-25-29-30-31-33(25)14-20-7-10-23(35-3)11-8-20/h6-11,13,24H,4-5,12,14-17H2,1-3H3,(H,28,34)/t24-/m0/s1. The number of benzene rings is 2. The van der Waals surface area contributed by atoms with Gasteiger partial charge in [-0.25, -0.2) is 4.68 Å². The number of rotatable bonds is 9. The molecular weight excluding hydrogens is 456 g/mol. The number of hydrogen-bond acceptors (Lipinski definition) is 7. The first-order chi connectivity index (χ1) is 17.5. The van der Waals surface area contributed by atoms with Crippen molar-refractivity contribution in [3.05, 3.63) is 80.9 Å². The Morgan fingerprint density at radius 3 is 2.75 bits per heavy atom. The van der Waals surface area contributed by atoms with Crippen molar-refractivity contribution in [1.82, 2.24) is 30.1 Å². The Labute approximate surface area is 210 Å². The molecule has 1 atom stereocenters. The summed E-state index contributed by atoms with van der Waals surface area (Å²) in [6.45, 7) is 7.12. The number of nitrogens with zero attached hydrogens (tertiary/aromatic N) is 5. The van der Waals surface area contributed by atoms with Crippen LogP contribution < -0.4 is 10.3 Å². The van der Waals surface area contributed by atoms with Crippen LogP contribution in [0, 0.1) is 13.8 Å². The summed E-state index contributed by atoms with van der Waals surface area (Å²) in [7, 11) is 1.65. The molecule has 3 heterocycles. The number of pyridine rings is 1. The van der Waals surface area contributed by atoms with Crippen LogP contribution in [0.3, 0.4) is 0 Å². The quantitative estimate of drug-likeness (QED) is 0.386. The molecule has 4 aromatic rings. The smallest absolute Gasteiger partial charge is 0.252 e. The first-order valence-electron chi connectivity index (χ1n) is 12.3. The van der Waals surface area contributed by atoms with Gasteiger partial charge in [-0.2, -0.15) is 0 Å². The van der Waals surface area contributed by atoms with Gasteiger partial charge in [0.15, 0.2) is 5.82 Å². The second-order valence-corrected chi connectivity index (χ2v) is 9.50. The van der Waals surface area contributed by atoms with Crippen LogP contribution in [0.5, 0.6) is 5.75 Å². The van der Waals surface area contributed by atoms with Crippen LogP contribution >= 0.6 is 0 Å². The summed E-state index contributed by atoms with van der Waals surface area (Å²) in [5.41, 5.74) is 4.90. The van der Waals surface area contributed by atoms with Crippen LogP contribution in [0.4, 0.5) is 0 Å². The van der Waals surface area contributed by atoms with Gasteiger partial charge in [0.05, 0.1) is 31.8 Å². The molecule has 0 amide bonds. The van der Waals surface area contributed by atoms with Gasteiger partial charge in [-0.05, 0) is 77.4 Å². The van der Waals surface area contributed by atoms with Gasteiger partial charge in [-0.1, -0.05) is 24.3 Å². The van der Waals surface area contributed by atoms with Gasteiger partial charge in [0.2, 0.25) is 0 Å². The van der Waals surface area contributed by atoms with Gasteiger partial charge in [-0.15, -0.1) is 5.10 Å². The lowest BCUT2D eigenvalue weighted by atomic mass is 10.0. The fraction of sp³-hybridized carbons (Fsp3) is 0.407. The molecule has 2 aromatic heterocycles. The molecule has 9 nitrogen and oxygen atoms in total. The van der Waals surface area contributed by atoms with E-state index in [1.807, 2.05) is 37.3 Å². The molecule has 0 aliphatic carbocycles. The van der Waals surface area contributed by atoms with Gasteiger partial charge in [0.1, 0.15) is 5.75 Å². The normalized spacial score (nSPS) is 15.7. The molecule has 1 N–H and O–H groups in total. The molecule has 2 aromatic carbocycles. The Hall–Kier alpha value is -3.56. The van der Waals surface area contributed by atoms with Crippen LogP contribution in [0.25, 0.3) is 10.9 Å². The number of ether oxygens (including phenoxy) is 2. The lowest BCUT2D eigenvalue weighted by Gasteiger charge is -2.24. The highest BCUT2D eigenvalue weighted by Crippen LogP contribution is 2.21. The minimum atomic E-state index is -0.0636. The van der Waals surface area contributed by atoms with Crippen molar-refractivity contribution in [2.75, 3.05) is 20.3 Å². The Morgan fingerprint density at radius 1 is 1.17 bits per heavy atom. The zero-order valence-corrected chi connectivity index (χ0v) is 21.0. The minimum absolute atomic E-state index is 0.0636. The number of aromatic nitrogens is 5. The second kappa shape index (κ2) is 10.6. The van der Waals surface area contributed by atoms with Crippen molar-refractivity contribution < 1.29 is 9.47 Å². The predicted octanol–water partition coefficient (Wildman–Crippen LogP) is 3.37. The highest BCUT2D eigenvalue weighted by molar-refractivity contribution is 5.83. The highest BCUT2D eigenvalue weighted by Gasteiger charge is 2.22. The summed E-state index contributed by atoms with van der Waals surface area (Å²) >= 11 is 0. The Kier molecular flexibility index (Phi) is 7.11. The molecule has 0 radical (unpaired) electrons. The van der Waals surface area contributed by atoms with Gasteiger partial charge >= 0.3 is 0 Å². The van der Waals surface area contributed by atoms with E-state index in [0.29, 0.717) is 26.2 Å². The summed E-state index contributed by atoms with van der Waals surface area (Å²) in [5.74, 6) is 1.55. The maximum atomic E-state index is 13.1. The fourth-order valence-corrected chi connectivity index (χ4v) is 4.75. The van der Waals surface area contributed by atoms with Crippen LogP contribution in [0.15, 0.2) is 47.3 Å². The number of aromatic amines is 1. The number of nitrogens with one attached hydrogen (secondary N) is 1. The summed E-state index contributed by atoms with van der Waals surface area (Å²) in [5, 5.41) is 13.5. The van der Waals surface area contributed by atoms with Gasteiger partial charge < -0.3 is 14.5 Å². The van der Waals surface area contributed by atoms with E-state index < -0.39 is 0 Å². The van der Waals surface area contributed by atoms with Crippen molar-refractivity contribution in [3.63, 3.8) is 0 Å². The predicted molar refractivity (Wildman–Crippen MR) is 137 cm³/mol. The maximum absolute atomic E-state index is 13.1. The van der Waals surface area contributed by atoms with E-state index in [2.05, 4.69) is 44.5 Å². The molecule has 0 spiro atoms. The SMILES string of the molecule is COc1ccc(Cn2nnnc2CN(Cc2cc3ccc(C)c(C)c3[nH]c2=O)C[C@@H]2CCCO2)cc1. The summed E-state index contributed by atoms with van der Waals surface area (Å²) in [6.07, 6.45) is 2.21. The molecule has 1 saturated heterocycles. The van der Waals surface area contributed by atoms with Crippen LogP contribution in [-0.4, -0.2) is 56.5 Å². The monoisotopic (exact) mass is 488 g/mol. The lowest BCUT2D eigenvalue weighted by molar-refractivity contribution is 0.0663. The topological polar surface area (TPSA) is 98.2 Å². The van der Waals surface area contributed by atoms with Gasteiger partial charge in [0.25, 0.3) is 5.56 Å². The van der Waals surface area contributed by atoms with E-state index >= 15 is 0 Å². The molecule has 36 heavy (non-hydrogen) atoms. The van der Waals surface area contributed by atoms with E-state index in [4.69, 9.17) is 9.47 Å². The van der Waals surface area contributed by atoms with E-state index in [1.165, 1.54) is 0 Å². The molecule has 1 fully saturated rings. The number of tetrazole rings is 1. The van der Waals surface area contributed by atoms with Crippen molar-refractivity contribution in [1.29, 1.82) is 0 Å². The number of aryl methyl sites for hydroxylation is 2. The third kappa shape index (κ3) is 5.32. The summed E-state index contributed by atoms with van der Waals surface area (Å²) in [4.78, 5) is 18.4. The fourth-order valence-electron chi connectivity index (χ4n) is 4.75. The molecule has 9 heteroatoms. The first-order valence-corrected chi connectivity index (χ1v) is 12.3. The maximum Gasteiger partial charge on any atom is 0.252 e. The van der Waals surface area contributed by atoms with Crippen molar-refractivity contribution in [2.24, 2.45) is 0 Å². The van der Waals surface area contributed by atoms with E-state index in [1.54, 1.807) is 11.8 Å². The number of fused-ring (bicyclic) bond motifs is 1. The van der Waals surface area contributed by atoms with Crippen LogP contribution in [0.2, 0.25) is 0 Å². The van der Waals surface area contributed by atoms with Crippen molar-refractivity contribution in [2.45, 2.75) is 52.4 Å². The minimum Gasteiger partial charge on any atom is -0.497 e. The second-order valence-electron chi connectivity index (χ2n) is 9.50. The largest absolute Gasteiger partial charge is 0.497 e. The number of H-pyrrole nitrogens is 1. The molecular formula is C27H32N6O3. The van der Waals surface area contributed by atoms with Gasteiger partial charge in [0, 0.05) is 25.3 Å². The van der Waals surface area contributed by atoms with Crippen LogP contribution in [0.1, 0.15) is 40.9 Å².